The normalized spacial score (nSPS) is 10.3. The molecule has 1 N–H and O–H groups in total. The number of aryl methyl sites for hydroxylation is 2. The van der Waals surface area contributed by atoms with E-state index in [9.17, 15) is 4.79 Å². The van der Waals surface area contributed by atoms with Crippen LogP contribution in [0.15, 0.2) is 17.0 Å². The Morgan fingerprint density at radius 1 is 1.40 bits per heavy atom. The number of halogens is 1. The monoisotopic (exact) mass is 244 g/mol. The molecule has 1 aromatic rings. The largest absolute Gasteiger partial charge is 0.481 e. The Kier molecular flexibility index (Phi) is 4.48. The average Bonchev–Trinajstić information content (AvgIpc) is 2.13. The third-order valence-electron chi connectivity index (χ3n) is 2.12. The van der Waals surface area contributed by atoms with E-state index in [4.69, 9.17) is 16.7 Å². The number of carbonyl (C=O) groups is 1. The standard InChI is InChI=1S/C11H13ClO2S/c1-7-5-9(12)10(6-8(7)2)15-4-3-11(13)14/h5-6H,3-4H2,1-2H3,(H,13,14). The molecule has 15 heavy (non-hydrogen) atoms. The molecule has 0 aliphatic heterocycles. The highest BCUT2D eigenvalue weighted by molar-refractivity contribution is 7.99. The molecule has 0 amide bonds. The van der Waals surface area contributed by atoms with E-state index in [0.29, 0.717) is 10.8 Å². The predicted octanol–water partition coefficient (Wildman–Crippen LogP) is 3.52. The van der Waals surface area contributed by atoms with Gasteiger partial charge in [-0.2, -0.15) is 0 Å². The summed E-state index contributed by atoms with van der Waals surface area (Å²) in [4.78, 5) is 11.3. The van der Waals surface area contributed by atoms with Crippen LogP contribution in [0.2, 0.25) is 5.02 Å². The summed E-state index contributed by atoms with van der Waals surface area (Å²) < 4.78 is 0. The maximum absolute atomic E-state index is 10.3. The van der Waals surface area contributed by atoms with Gasteiger partial charge in [-0.1, -0.05) is 11.6 Å². The Hall–Kier alpha value is -0.670. The fourth-order valence-electron chi connectivity index (χ4n) is 1.11. The van der Waals surface area contributed by atoms with Crippen molar-refractivity contribution in [3.63, 3.8) is 0 Å². The smallest absolute Gasteiger partial charge is 0.304 e. The minimum absolute atomic E-state index is 0.161. The van der Waals surface area contributed by atoms with Crippen molar-refractivity contribution in [3.8, 4) is 0 Å². The van der Waals surface area contributed by atoms with Crippen molar-refractivity contribution in [2.75, 3.05) is 5.75 Å². The van der Waals surface area contributed by atoms with Crippen LogP contribution in [-0.4, -0.2) is 16.8 Å². The van der Waals surface area contributed by atoms with Gasteiger partial charge in [-0.05, 0) is 37.1 Å². The highest BCUT2D eigenvalue weighted by Gasteiger charge is 2.05. The molecule has 4 heteroatoms. The van der Waals surface area contributed by atoms with Gasteiger partial charge >= 0.3 is 5.97 Å². The Labute approximate surface area is 98.6 Å². The number of benzene rings is 1. The zero-order valence-electron chi connectivity index (χ0n) is 8.71. The number of carboxylic acids is 1. The van der Waals surface area contributed by atoms with Crippen LogP contribution in [0.5, 0.6) is 0 Å². The zero-order chi connectivity index (χ0) is 11.4. The Balaban J connectivity index is 2.69. The Morgan fingerprint density at radius 3 is 2.60 bits per heavy atom. The molecule has 1 aromatic carbocycles. The van der Waals surface area contributed by atoms with E-state index in [1.807, 2.05) is 26.0 Å². The molecule has 0 atom stereocenters. The van der Waals surface area contributed by atoms with E-state index in [0.717, 1.165) is 10.5 Å². The van der Waals surface area contributed by atoms with Crippen LogP contribution in [-0.2, 0) is 4.79 Å². The van der Waals surface area contributed by atoms with Crippen LogP contribution in [0, 0.1) is 13.8 Å². The lowest BCUT2D eigenvalue weighted by Crippen LogP contribution is -1.96. The predicted molar refractivity (Wildman–Crippen MR) is 63.9 cm³/mol. The molecule has 0 heterocycles. The summed E-state index contributed by atoms with van der Waals surface area (Å²) in [6.07, 6.45) is 0.161. The third-order valence-corrected chi connectivity index (χ3v) is 3.60. The molecule has 82 valence electrons. The molecule has 0 saturated carbocycles. The molecule has 0 fully saturated rings. The molecule has 0 saturated heterocycles. The number of thioether (sulfide) groups is 1. The summed E-state index contributed by atoms with van der Waals surface area (Å²) in [7, 11) is 0. The lowest BCUT2D eigenvalue weighted by atomic mass is 10.1. The van der Waals surface area contributed by atoms with Crippen molar-refractivity contribution >= 4 is 29.3 Å². The summed E-state index contributed by atoms with van der Waals surface area (Å²) in [5.41, 5.74) is 2.33. The average molecular weight is 245 g/mol. The number of hydrogen-bond acceptors (Lipinski definition) is 2. The molecule has 0 aliphatic carbocycles. The highest BCUT2D eigenvalue weighted by atomic mass is 35.5. The molecule has 1 rings (SSSR count). The molecule has 0 aliphatic rings. The molecule has 0 radical (unpaired) electrons. The first-order valence-electron chi connectivity index (χ1n) is 4.62. The third kappa shape index (κ3) is 3.76. The zero-order valence-corrected chi connectivity index (χ0v) is 10.3. The first-order valence-corrected chi connectivity index (χ1v) is 5.98. The van der Waals surface area contributed by atoms with Crippen LogP contribution >= 0.6 is 23.4 Å². The minimum Gasteiger partial charge on any atom is -0.481 e. The molecular formula is C11H13ClO2S. The second-order valence-electron chi connectivity index (χ2n) is 3.36. The highest BCUT2D eigenvalue weighted by Crippen LogP contribution is 2.30. The van der Waals surface area contributed by atoms with Gasteiger partial charge < -0.3 is 5.11 Å². The van der Waals surface area contributed by atoms with Crippen molar-refractivity contribution in [1.29, 1.82) is 0 Å². The van der Waals surface area contributed by atoms with Crippen molar-refractivity contribution in [1.82, 2.24) is 0 Å². The lowest BCUT2D eigenvalue weighted by molar-refractivity contribution is -0.136. The number of hydrogen-bond donors (Lipinski definition) is 1. The van der Waals surface area contributed by atoms with Crippen LogP contribution in [0.1, 0.15) is 17.5 Å². The van der Waals surface area contributed by atoms with Gasteiger partial charge in [-0.25, -0.2) is 0 Å². The van der Waals surface area contributed by atoms with Crippen molar-refractivity contribution in [2.24, 2.45) is 0 Å². The van der Waals surface area contributed by atoms with Gasteiger partial charge in [0.1, 0.15) is 0 Å². The first kappa shape index (κ1) is 12.4. The molecule has 2 nitrogen and oxygen atoms in total. The minimum atomic E-state index is -0.776. The number of carboxylic acid groups (broad SMARTS) is 1. The van der Waals surface area contributed by atoms with E-state index >= 15 is 0 Å². The summed E-state index contributed by atoms with van der Waals surface area (Å²) >= 11 is 7.53. The van der Waals surface area contributed by atoms with E-state index in [-0.39, 0.29) is 6.42 Å². The van der Waals surface area contributed by atoms with Gasteiger partial charge in [-0.15, -0.1) is 11.8 Å². The van der Waals surface area contributed by atoms with E-state index < -0.39 is 5.97 Å². The summed E-state index contributed by atoms with van der Waals surface area (Å²) in [6.45, 7) is 4.03. The van der Waals surface area contributed by atoms with E-state index in [1.54, 1.807) is 0 Å². The van der Waals surface area contributed by atoms with Crippen LogP contribution in [0.25, 0.3) is 0 Å². The summed E-state index contributed by atoms with van der Waals surface area (Å²) in [5, 5.41) is 9.22. The van der Waals surface area contributed by atoms with Crippen LogP contribution in [0.4, 0.5) is 0 Å². The summed E-state index contributed by atoms with van der Waals surface area (Å²) in [6, 6.07) is 3.92. The molecule has 0 unspecified atom stereocenters. The molecular weight excluding hydrogens is 232 g/mol. The first-order chi connectivity index (χ1) is 7.00. The lowest BCUT2D eigenvalue weighted by Gasteiger charge is -2.07. The Bertz CT molecular complexity index is 377. The maximum Gasteiger partial charge on any atom is 0.304 e. The number of aliphatic carboxylic acids is 1. The maximum atomic E-state index is 10.3. The van der Waals surface area contributed by atoms with E-state index in [2.05, 4.69) is 0 Å². The van der Waals surface area contributed by atoms with Gasteiger partial charge in [0.05, 0.1) is 11.4 Å². The van der Waals surface area contributed by atoms with Gasteiger partial charge in [0.15, 0.2) is 0 Å². The SMILES string of the molecule is Cc1cc(Cl)c(SCCC(=O)O)cc1C. The quantitative estimate of drug-likeness (QED) is 0.824. The fraction of sp³-hybridized carbons (Fsp3) is 0.364. The van der Waals surface area contributed by atoms with Gasteiger partial charge in [0, 0.05) is 10.6 Å². The molecule has 0 aromatic heterocycles. The summed E-state index contributed by atoms with van der Waals surface area (Å²) in [5.74, 6) is -0.222. The molecule has 0 bridgehead atoms. The second kappa shape index (κ2) is 5.42. The second-order valence-corrected chi connectivity index (χ2v) is 4.90. The van der Waals surface area contributed by atoms with Gasteiger partial charge in [0.25, 0.3) is 0 Å². The van der Waals surface area contributed by atoms with Crippen molar-refractivity contribution in [2.45, 2.75) is 25.2 Å². The van der Waals surface area contributed by atoms with Crippen LogP contribution in [0.3, 0.4) is 0 Å². The van der Waals surface area contributed by atoms with Gasteiger partial charge in [0.2, 0.25) is 0 Å². The fourth-order valence-corrected chi connectivity index (χ4v) is 2.45. The van der Waals surface area contributed by atoms with E-state index in [1.165, 1.54) is 17.3 Å². The molecule has 0 spiro atoms. The van der Waals surface area contributed by atoms with Gasteiger partial charge in [-0.3, -0.25) is 4.79 Å². The number of rotatable bonds is 4. The van der Waals surface area contributed by atoms with Crippen molar-refractivity contribution in [3.05, 3.63) is 28.3 Å². The Morgan fingerprint density at radius 2 is 2.00 bits per heavy atom. The van der Waals surface area contributed by atoms with Crippen LogP contribution < -0.4 is 0 Å². The van der Waals surface area contributed by atoms with Crippen molar-refractivity contribution < 1.29 is 9.90 Å². The topological polar surface area (TPSA) is 37.3 Å².